The van der Waals surface area contributed by atoms with Crippen molar-refractivity contribution in [3.05, 3.63) is 67.0 Å². The van der Waals surface area contributed by atoms with Crippen LogP contribution in [0.3, 0.4) is 0 Å². The van der Waals surface area contributed by atoms with E-state index in [9.17, 15) is 18.3 Å². The molecule has 39 heavy (non-hydrogen) atoms. The molecule has 0 bridgehead atoms. The molecule has 0 fully saturated rings. The third-order valence-electron chi connectivity index (χ3n) is 6.82. The third-order valence-corrected chi connectivity index (χ3v) is 8.84. The number of benzene rings is 2. The molecular weight excluding hydrogens is 520 g/mol. The van der Waals surface area contributed by atoms with Gasteiger partial charge in [0.2, 0.25) is 10.0 Å². The first kappa shape index (κ1) is 28.3. The van der Waals surface area contributed by atoms with Crippen molar-refractivity contribution in [3.8, 4) is 22.6 Å². The van der Waals surface area contributed by atoms with Gasteiger partial charge in [0.15, 0.2) is 0 Å². The van der Waals surface area contributed by atoms with Gasteiger partial charge in [-0.3, -0.25) is 4.98 Å². The first-order valence-electron chi connectivity index (χ1n) is 12.6. The molecule has 0 radical (unpaired) electrons. The maximum atomic E-state index is 13.7. The Morgan fingerprint density at radius 1 is 1.18 bits per heavy atom. The molecule has 0 saturated heterocycles. The number of carbonyl (C=O) groups excluding carboxylic acids is 1. The van der Waals surface area contributed by atoms with Gasteiger partial charge in [0.25, 0.3) is 0 Å². The number of pyridine rings is 1. The number of hydrogen-bond donors (Lipinski definition) is 2. The largest absolute Gasteiger partial charge is 0.497 e. The maximum absolute atomic E-state index is 13.7. The van der Waals surface area contributed by atoms with E-state index in [1.807, 2.05) is 19.1 Å². The predicted molar refractivity (Wildman–Crippen MR) is 148 cm³/mol. The number of anilines is 1. The zero-order valence-corrected chi connectivity index (χ0v) is 23.3. The number of likely N-dealkylation sites (N-methyl/N-ethyl adjacent to an activating group) is 1. The second kappa shape index (κ2) is 12.0. The summed E-state index contributed by atoms with van der Waals surface area (Å²) in [6.45, 7) is 3.54. The molecule has 3 aromatic rings. The number of nitrogens with one attached hydrogen (secondary N) is 1. The molecular formula is C28H34N4O6S. The zero-order valence-electron chi connectivity index (χ0n) is 22.4. The average Bonchev–Trinajstić information content (AvgIpc) is 2.95. The van der Waals surface area contributed by atoms with Gasteiger partial charge < -0.3 is 24.8 Å². The number of aliphatic hydroxyl groups is 1. The molecule has 1 aromatic heterocycles. The van der Waals surface area contributed by atoms with Gasteiger partial charge >= 0.3 is 6.03 Å². The molecule has 2 N–H and O–H groups in total. The highest BCUT2D eigenvalue weighted by Gasteiger charge is 2.38. The first-order valence-corrected chi connectivity index (χ1v) is 14.1. The summed E-state index contributed by atoms with van der Waals surface area (Å²) in [5, 5.41) is 12.7. The number of amides is 2. The van der Waals surface area contributed by atoms with Crippen molar-refractivity contribution in [3.63, 3.8) is 0 Å². The number of carbonyl (C=O) groups is 1. The highest BCUT2D eigenvalue weighted by Crippen LogP contribution is 2.36. The summed E-state index contributed by atoms with van der Waals surface area (Å²) in [6.07, 6.45) is 2.79. The van der Waals surface area contributed by atoms with Crippen LogP contribution in [0.4, 0.5) is 10.5 Å². The third kappa shape index (κ3) is 6.32. The maximum Gasteiger partial charge on any atom is 0.321 e. The molecule has 0 saturated carbocycles. The standard InChI is InChI=1S/C28H34N4O6S/c1-19-16-32(20(2)18-33)39(35,36)27-10-5-22(21-11-13-29-14-12-21)15-25(27)38-26(19)17-31(3)28(34)30-23-6-8-24(37-4)9-7-23/h5-15,19-20,26,33H,16-18H2,1-4H3,(H,30,34)/t19-,20+,26-/m1/s1. The molecule has 0 spiro atoms. The van der Waals surface area contributed by atoms with E-state index in [4.69, 9.17) is 9.47 Å². The molecule has 10 nitrogen and oxygen atoms in total. The van der Waals surface area contributed by atoms with Gasteiger partial charge in [0.1, 0.15) is 22.5 Å². The summed E-state index contributed by atoms with van der Waals surface area (Å²) < 4.78 is 40.3. The number of ether oxygens (including phenoxy) is 2. The second-order valence-electron chi connectivity index (χ2n) is 9.68. The number of methoxy groups -OCH3 is 1. The Morgan fingerprint density at radius 2 is 1.87 bits per heavy atom. The average molecular weight is 555 g/mol. The zero-order chi connectivity index (χ0) is 28.2. The van der Waals surface area contributed by atoms with Gasteiger partial charge in [0, 0.05) is 43.6 Å². The monoisotopic (exact) mass is 554 g/mol. The molecule has 4 rings (SSSR count). The highest BCUT2D eigenvalue weighted by molar-refractivity contribution is 7.89. The Hall–Kier alpha value is -3.67. The van der Waals surface area contributed by atoms with Gasteiger partial charge in [-0.2, -0.15) is 4.31 Å². The molecule has 3 atom stereocenters. The van der Waals surface area contributed by atoms with Crippen LogP contribution in [0.25, 0.3) is 11.1 Å². The van der Waals surface area contributed by atoms with E-state index < -0.39 is 22.2 Å². The predicted octanol–water partition coefficient (Wildman–Crippen LogP) is 3.69. The first-order chi connectivity index (χ1) is 18.6. The molecule has 1 aliphatic heterocycles. The minimum Gasteiger partial charge on any atom is -0.497 e. The molecule has 2 amide bonds. The number of sulfonamides is 1. The molecule has 208 valence electrons. The smallest absolute Gasteiger partial charge is 0.321 e. The summed E-state index contributed by atoms with van der Waals surface area (Å²) >= 11 is 0. The fourth-order valence-corrected chi connectivity index (χ4v) is 6.24. The van der Waals surface area contributed by atoms with E-state index in [1.165, 1.54) is 15.3 Å². The lowest BCUT2D eigenvalue weighted by Crippen LogP contribution is -2.50. The van der Waals surface area contributed by atoms with E-state index in [2.05, 4.69) is 10.3 Å². The minimum atomic E-state index is -3.97. The van der Waals surface area contributed by atoms with Gasteiger partial charge in [-0.05, 0) is 66.6 Å². The van der Waals surface area contributed by atoms with E-state index >= 15 is 0 Å². The lowest BCUT2D eigenvalue weighted by Gasteiger charge is -2.37. The second-order valence-corrected chi connectivity index (χ2v) is 11.5. The Bertz CT molecular complexity index is 1380. The summed E-state index contributed by atoms with van der Waals surface area (Å²) in [6, 6.07) is 14.6. The summed E-state index contributed by atoms with van der Waals surface area (Å²) in [7, 11) is -0.735. The van der Waals surface area contributed by atoms with Crippen LogP contribution in [-0.2, 0) is 10.0 Å². The summed E-state index contributed by atoms with van der Waals surface area (Å²) in [5.41, 5.74) is 2.24. The van der Waals surface area contributed by atoms with Crippen LogP contribution in [0.5, 0.6) is 11.5 Å². The number of urea groups is 1. The molecule has 1 aliphatic rings. The topological polar surface area (TPSA) is 121 Å². The van der Waals surface area contributed by atoms with Crippen LogP contribution in [0.15, 0.2) is 71.9 Å². The number of aliphatic hydroxyl groups excluding tert-OH is 1. The lowest BCUT2D eigenvalue weighted by molar-refractivity contribution is 0.0830. The Morgan fingerprint density at radius 3 is 2.51 bits per heavy atom. The van der Waals surface area contributed by atoms with E-state index in [0.29, 0.717) is 11.4 Å². The lowest BCUT2D eigenvalue weighted by atomic mass is 10.0. The van der Waals surface area contributed by atoms with Crippen LogP contribution in [0.2, 0.25) is 0 Å². The van der Waals surface area contributed by atoms with Crippen LogP contribution in [0.1, 0.15) is 13.8 Å². The molecule has 0 aliphatic carbocycles. The van der Waals surface area contributed by atoms with Crippen molar-refractivity contribution >= 4 is 21.7 Å². The van der Waals surface area contributed by atoms with Gasteiger partial charge in [-0.1, -0.05) is 13.0 Å². The fraction of sp³-hybridized carbons (Fsp3) is 0.357. The van der Waals surface area contributed by atoms with Gasteiger partial charge in [-0.25, -0.2) is 13.2 Å². The molecule has 2 heterocycles. The summed E-state index contributed by atoms with van der Waals surface area (Å²) in [5.74, 6) is 0.572. The number of fused-ring (bicyclic) bond motifs is 1. The highest BCUT2D eigenvalue weighted by atomic mass is 32.2. The fourth-order valence-electron chi connectivity index (χ4n) is 4.41. The Labute approximate surface area is 229 Å². The van der Waals surface area contributed by atoms with Crippen molar-refractivity contribution < 1.29 is 27.8 Å². The van der Waals surface area contributed by atoms with Crippen LogP contribution in [-0.4, -0.2) is 79.7 Å². The van der Waals surface area contributed by atoms with Crippen LogP contribution < -0.4 is 14.8 Å². The number of nitrogens with zero attached hydrogens (tertiary/aromatic N) is 3. The van der Waals surface area contributed by atoms with Gasteiger partial charge in [-0.15, -0.1) is 0 Å². The van der Waals surface area contributed by atoms with E-state index in [-0.39, 0.29) is 42.3 Å². The minimum absolute atomic E-state index is 0.0165. The van der Waals surface area contributed by atoms with Crippen molar-refractivity contribution in [2.24, 2.45) is 5.92 Å². The van der Waals surface area contributed by atoms with Gasteiger partial charge in [0.05, 0.1) is 20.3 Å². The Balaban J connectivity index is 1.65. The molecule has 2 aromatic carbocycles. The van der Waals surface area contributed by atoms with E-state index in [0.717, 1.165) is 11.1 Å². The van der Waals surface area contributed by atoms with Crippen molar-refractivity contribution in [2.75, 3.05) is 39.2 Å². The molecule has 0 unspecified atom stereocenters. The van der Waals surface area contributed by atoms with Crippen LogP contribution >= 0.6 is 0 Å². The molecule has 11 heteroatoms. The normalized spacial score (nSPS) is 19.5. The summed E-state index contributed by atoms with van der Waals surface area (Å²) in [4.78, 5) is 18.6. The van der Waals surface area contributed by atoms with Crippen molar-refractivity contribution in [1.29, 1.82) is 0 Å². The quantitative estimate of drug-likeness (QED) is 0.457. The van der Waals surface area contributed by atoms with Crippen LogP contribution in [0, 0.1) is 5.92 Å². The number of aromatic nitrogens is 1. The number of rotatable bonds is 7. The van der Waals surface area contributed by atoms with Crippen molar-refractivity contribution in [2.45, 2.75) is 30.9 Å². The Kier molecular flexibility index (Phi) is 8.73. The van der Waals surface area contributed by atoms with Crippen molar-refractivity contribution in [1.82, 2.24) is 14.2 Å². The number of hydrogen-bond acceptors (Lipinski definition) is 7. The SMILES string of the molecule is COc1ccc(NC(=O)N(C)C[C@H]2Oc3cc(-c4ccncc4)ccc3S(=O)(=O)N([C@@H](C)CO)C[C@H]2C)cc1. The van der Waals surface area contributed by atoms with E-state index in [1.54, 1.807) is 69.9 Å².